The number of hydrogen-bond acceptors (Lipinski definition) is 5. The lowest BCUT2D eigenvalue weighted by atomic mass is 10.0. The predicted octanol–water partition coefficient (Wildman–Crippen LogP) is -0.0118. The third-order valence-electron chi connectivity index (χ3n) is 2.83. The van der Waals surface area contributed by atoms with Gasteiger partial charge in [0.2, 0.25) is 5.91 Å². The Hall–Kier alpha value is -1.79. The first kappa shape index (κ1) is 13.6. The van der Waals surface area contributed by atoms with Crippen molar-refractivity contribution in [1.82, 2.24) is 5.32 Å². The number of carbonyl (C=O) groups excluding carboxylic acids is 1. The van der Waals surface area contributed by atoms with E-state index in [1.54, 1.807) is 18.2 Å². The zero-order chi connectivity index (χ0) is 13.8. The Morgan fingerprint density at radius 2 is 2.00 bits per heavy atom. The van der Waals surface area contributed by atoms with Gasteiger partial charge in [-0.1, -0.05) is 6.07 Å². The highest BCUT2D eigenvalue weighted by Crippen LogP contribution is 2.33. The van der Waals surface area contributed by atoms with Gasteiger partial charge in [-0.2, -0.15) is 0 Å². The van der Waals surface area contributed by atoms with E-state index in [0.717, 1.165) is 0 Å². The number of nitrogens with one attached hydrogen (secondary N) is 1. The quantitative estimate of drug-likeness (QED) is 0.714. The van der Waals surface area contributed by atoms with Crippen LogP contribution in [0.25, 0.3) is 0 Å². The largest absolute Gasteiger partial charge is 0.486 e. The van der Waals surface area contributed by atoms with Crippen LogP contribution < -0.4 is 14.8 Å². The van der Waals surface area contributed by atoms with Crippen molar-refractivity contribution in [3.63, 3.8) is 0 Å². The Morgan fingerprint density at radius 1 is 1.32 bits per heavy atom. The number of rotatable bonds is 4. The molecule has 2 atom stereocenters. The van der Waals surface area contributed by atoms with Crippen LogP contribution in [0.2, 0.25) is 0 Å². The summed E-state index contributed by atoms with van der Waals surface area (Å²) >= 11 is 0. The molecule has 1 amide bonds. The van der Waals surface area contributed by atoms with Gasteiger partial charge < -0.3 is 25.0 Å². The standard InChI is InChI=1S/C13H17NO5/c1-8(15)14-7-10(16)13(17)9-2-3-11-12(6-9)19-5-4-18-11/h2-3,6,10,13,16-17H,4-5,7H2,1H3,(H,14,15). The second kappa shape index (κ2) is 5.90. The van der Waals surface area contributed by atoms with Gasteiger partial charge >= 0.3 is 0 Å². The zero-order valence-corrected chi connectivity index (χ0v) is 10.6. The summed E-state index contributed by atoms with van der Waals surface area (Å²) in [5.74, 6) is 0.918. The van der Waals surface area contributed by atoms with Gasteiger partial charge in [0, 0.05) is 13.5 Å². The molecule has 3 N–H and O–H groups in total. The van der Waals surface area contributed by atoms with Gasteiger partial charge in [-0.05, 0) is 17.7 Å². The van der Waals surface area contributed by atoms with Crippen LogP contribution in [-0.4, -0.2) is 42.0 Å². The average molecular weight is 267 g/mol. The monoisotopic (exact) mass is 267 g/mol. The minimum atomic E-state index is -1.09. The molecule has 104 valence electrons. The number of ether oxygens (including phenoxy) is 2. The normalized spacial score (nSPS) is 16.6. The van der Waals surface area contributed by atoms with Gasteiger partial charge in [0.15, 0.2) is 11.5 Å². The molecule has 0 saturated heterocycles. The fourth-order valence-electron chi connectivity index (χ4n) is 1.83. The van der Waals surface area contributed by atoms with Crippen LogP contribution in [0.3, 0.4) is 0 Å². The van der Waals surface area contributed by atoms with Crippen LogP contribution in [-0.2, 0) is 4.79 Å². The molecule has 0 saturated carbocycles. The summed E-state index contributed by atoms with van der Waals surface area (Å²) in [6.45, 7) is 2.30. The summed E-state index contributed by atoms with van der Waals surface area (Å²) in [6, 6.07) is 4.99. The van der Waals surface area contributed by atoms with Crippen LogP contribution in [0.1, 0.15) is 18.6 Å². The fourth-order valence-corrected chi connectivity index (χ4v) is 1.83. The summed E-state index contributed by atoms with van der Waals surface area (Å²) in [5.41, 5.74) is 0.516. The summed E-state index contributed by atoms with van der Waals surface area (Å²) in [5, 5.41) is 22.2. The van der Waals surface area contributed by atoms with Crippen LogP contribution in [0, 0.1) is 0 Å². The van der Waals surface area contributed by atoms with E-state index in [1.807, 2.05) is 0 Å². The van der Waals surface area contributed by atoms with Crippen molar-refractivity contribution in [3.05, 3.63) is 23.8 Å². The van der Waals surface area contributed by atoms with Crippen LogP contribution in [0.4, 0.5) is 0 Å². The number of aliphatic hydroxyl groups is 2. The van der Waals surface area contributed by atoms with Gasteiger partial charge in [-0.3, -0.25) is 4.79 Å². The Labute approximate surface area is 111 Å². The number of hydrogen-bond donors (Lipinski definition) is 3. The topological polar surface area (TPSA) is 88.0 Å². The molecule has 0 radical (unpaired) electrons. The third kappa shape index (κ3) is 3.36. The number of amides is 1. The Balaban J connectivity index is 2.06. The molecule has 0 spiro atoms. The molecule has 1 heterocycles. The molecular formula is C13H17NO5. The highest BCUT2D eigenvalue weighted by atomic mass is 16.6. The maximum Gasteiger partial charge on any atom is 0.216 e. The van der Waals surface area contributed by atoms with E-state index >= 15 is 0 Å². The van der Waals surface area contributed by atoms with Crippen molar-refractivity contribution in [2.45, 2.75) is 19.1 Å². The first-order valence-electron chi connectivity index (χ1n) is 6.08. The minimum absolute atomic E-state index is 0.00899. The van der Waals surface area contributed by atoms with E-state index in [-0.39, 0.29) is 12.5 Å². The smallest absolute Gasteiger partial charge is 0.216 e. The molecule has 2 unspecified atom stereocenters. The second-order valence-corrected chi connectivity index (χ2v) is 4.35. The molecule has 0 bridgehead atoms. The molecular weight excluding hydrogens is 250 g/mol. The summed E-state index contributed by atoms with van der Waals surface area (Å²) in [4.78, 5) is 10.8. The highest BCUT2D eigenvalue weighted by Gasteiger charge is 2.21. The Kier molecular flexibility index (Phi) is 4.24. The Bertz CT molecular complexity index is 462. The first-order valence-corrected chi connectivity index (χ1v) is 6.08. The minimum Gasteiger partial charge on any atom is -0.486 e. The molecule has 1 aliphatic rings. The SMILES string of the molecule is CC(=O)NCC(O)C(O)c1ccc2c(c1)OCCO2. The van der Waals surface area contributed by atoms with Crippen molar-refractivity contribution < 1.29 is 24.5 Å². The van der Waals surface area contributed by atoms with Crippen molar-refractivity contribution in [1.29, 1.82) is 0 Å². The molecule has 6 nitrogen and oxygen atoms in total. The second-order valence-electron chi connectivity index (χ2n) is 4.35. The predicted molar refractivity (Wildman–Crippen MR) is 67.1 cm³/mol. The maximum absolute atomic E-state index is 10.8. The Morgan fingerprint density at radius 3 is 2.68 bits per heavy atom. The van der Waals surface area contributed by atoms with Gasteiger partial charge in [0.25, 0.3) is 0 Å². The molecule has 0 aromatic heterocycles. The van der Waals surface area contributed by atoms with Crippen molar-refractivity contribution in [2.24, 2.45) is 0 Å². The maximum atomic E-state index is 10.8. The van der Waals surface area contributed by atoms with Crippen LogP contribution in [0.5, 0.6) is 11.5 Å². The van der Waals surface area contributed by atoms with E-state index in [2.05, 4.69) is 5.32 Å². The molecule has 0 fully saturated rings. The summed E-state index contributed by atoms with van der Waals surface area (Å²) < 4.78 is 10.8. The van der Waals surface area contributed by atoms with E-state index in [4.69, 9.17) is 9.47 Å². The number of aliphatic hydroxyl groups excluding tert-OH is 2. The average Bonchev–Trinajstić information content (AvgIpc) is 2.43. The van der Waals surface area contributed by atoms with Crippen LogP contribution >= 0.6 is 0 Å². The number of fused-ring (bicyclic) bond motifs is 1. The van der Waals surface area contributed by atoms with Crippen molar-refractivity contribution >= 4 is 5.91 Å². The lowest BCUT2D eigenvalue weighted by Gasteiger charge is -2.22. The molecule has 19 heavy (non-hydrogen) atoms. The number of benzene rings is 1. The molecule has 2 rings (SSSR count). The lowest BCUT2D eigenvalue weighted by molar-refractivity contribution is -0.119. The van der Waals surface area contributed by atoms with Gasteiger partial charge in [0.1, 0.15) is 25.4 Å². The van der Waals surface area contributed by atoms with E-state index in [9.17, 15) is 15.0 Å². The molecule has 1 aromatic rings. The van der Waals surface area contributed by atoms with Gasteiger partial charge in [-0.15, -0.1) is 0 Å². The van der Waals surface area contributed by atoms with Gasteiger partial charge in [-0.25, -0.2) is 0 Å². The summed E-state index contributed by atoms with van der Waals surface area (Å²) in [7, 11) is 0. The molecule has 1 aliphatic heterocycles. The lowest BCUT2D eigenvalue weighted by Crippen LogP contribution is -2.34. The van der Waals surface area contributed by atoms with Crippen molar-refractivity contribution in [3.8, 4) is 11.5 Å². The number of carbonyl (C=O) groups is 1. The summed E-state index contributed by atoms with van der Waals surface area (Å²) in [6.07, 6.45) is -2.17. The molecule has 0 aliphatic carbocycles. The van der Waals surface area contributed by atoms with Crippen molar-refractivity contribution in [2.75, 3.05) is 19.8 Å². The third-order valence-corrected chi connectivity index (χ3v) is 2.83. The fraction of sp³-hybridized carbons (Fsp3) is 0.462. The molecule has 1 aromatic carbocycles. The van der Waals surface area contributed by atoms with Crippen LogP contribution in [0.15, 0.2) is 18.2 Å². The van der Waals surface area contributed by atoms with E-state index in [0.29, 0.717) is 30.3 Å². The first-order chi connectivity index (χ1) is 9.08. The highest BCUT2D eigenvalue weighted by molar-refractivity contribution is 5.72. The van der Waals surface area contributed by atoms with E-state index in [1.165, 1.54) is 6.92 Å². The molecule has 6 heteroatoms. The zero-order valence-electron chi connectivity index (χ0n) is 10.6. The van der Waals surface area contributed by atoms with Gasteiger partial charge in [0.05, 0.1) is 0 Å². The van der Waals surface area contributed by atoms with E-state index < -0.39 is 12.2 Å².